The first-order valence-electron chi connectivity index (χ1n) is 11.2. The number of nitrogens with zero attached hydrogens (tertiary/aromatic N) is 1. The fraction of sp³-hybridized carbons (Fsp3) is 0.560. The summed E-state index contributed by atoms with van der Waals surface area (Å²) in [5, 5.41) is 7.51. The number of fused-ring (bicyclic) bond motifs is 2. The minimum atomic E-state index is -1.72. The number of thioether (sulfide) groups is 1. The van der Waals surface area contributed by atoms with E-state index < -0.39 is 5.85 Å². The number of hydrogen-bond donors (Lipinski definition) is 1. The van der Waals surface area contributed by atoms with Crippen LogP contribution in [-0.2, 0) is 11.3 Å². The van der Waals surface area contributed by atoms with E-state index in [1.54, 1.807) is 12.1 Å². The number of alkyl halides is 1. The van der Waals surface area contributed by atoms with Crippen molar-refractivity contribution >= 4 is 17.7 Å². The summed E-state index contributed by atoms with van der Waals surface area (Å²) in [7, 11) is 0. The summed E-state index contributed by atoms with van der Waals surface area (Å²) in [5.74, 6) is -0.588. The van der Waals surface area contributed by atoms with Gasteiger partial charge in [0.1, 0.15) is 5.75 Å². The topological polar surface area (TPSA) is 41.6 Å². The predicted octanol–water partition coefficient (Wildman–Crippen LogP) is 5.80. The van der Waals surface area contributed by atoms with Gasteiger partial charge < -0.3 is 15.0 Å². The summed E-state index contributed by atoms with van der Waals surface area (Å²) in [6.45, 7) is 8.23. The van der Waals surface area contributed by atoms with Gasteiger partial charge in [-0.15, -0.1) is 11.8 Å². The van der Waals surface area contributed by atoms with Crippen molar-refractivity contribution in [3.05, 3.63) is 52.3 Å². The van der Waals surface area contributed by atoms with Gasteiger partial charge in [0.2, 0.25) is 5.85 Å². The predicted molar refractivity (Wildman–Crippen MR) is 127 cm³/mol. The van der Waals surface area contributed by atoms with E-state index >= 15 is 0 Å². The molecule has 170 valence electrons. The Morgan fingerprint density at radius 3 is 2.71 bits per heavy atom. The van der Waals surface area contributed by atoms with Crippen LogP contribution in [0.3, 0.4) is 0 Å². The second-order valence-corrected chi connectivity index (χ2v) is 9.81. The van der Waals surface area contributed by atoms with E-state index in [2.05, 4.69) is 10.2 Å². The Balaban J connectivity index is 1.80. The molecule has 1 heterocycles. The van der Waals surface area contributed by atoms with Crippen molar-refractivity contribution < 1.29 is 13.9 Å². The monoisotopic (exact) mass is 446 g/mol. The lowest BCUT2D eigenvalue weighted by atomic mass is 9.76. The molecule has 2 fully saturated rings. The fourth-order valence-electron chi connectivity index (χ4n) is 4.60. The van der Waals surface area contributed by atoms with Crippen LogP contribution in [0.25, 0.3) is 0 Å². The van der Waals surface area contributed by atoms with E-state index in [1.165, 1.54) is 25.6 Å². The van der Waals surface area contributed by atoms with Crippen molar-refractivity contribution in [3.8, 4) is 5.75 Å². The van der Waals surface area contributed by atoms with Gasteiger partial charge in [0, 0.05) is 38.0 Å². The summed E-state index contributed by atoms with van der Waals surface area (Å²) >= 11 is 1.53. The van der Waals surface area contributed by atoms with Crippen LogP contribution in [0.15, 0.2) is 46.7 Å². The molecule has 1 amide bonds. The Hall–Kier alpha value is -1.79. The van der Waals surface area contributed by atoms with E-state index in [9.17, 15) is 9.18 Å². The first-order valence-corrected chi connectivity index (χ1v) is 12.2. The molecule has 6 heteroatoms. The van der Waals surface area contributed by atoms with Crippen LogP contribution in [0.5, 0.6) is 5.75 Å². The molecule has 4 nitrogen and oxygen atoms in total. The zero-order chi connectivity index (χ0) is 22.4. The normalized spacial score (nSPS) is 24.3. The van der Waals surface area contributed by atoms with Gasteiger partial charge in [-0.3, -0.25) is 4.79 Å². The highest BCUT2D eigenvalue weighted by Gasteiger charge is 2.38. The van der Waals surface area contributed by atoms with E-state index in [-0.39, 0.29) is 11.9 Å². The Bertz CT molecular complexity index is 801. The lowest BCUT2D eigenvalue weighted by molar-refractivity contribution is -0.132. The number of nitrogens with one attached hydrogen (secondary N) is 1. The molecule has 0 spiro atoms. The van der Waals surface area contributed by atoms with Crippen molar-refractivity contribution in [3.63, 3.8) is 0 Å². The first kappa shape index (κ1) is 23.9. The molecule has 3 rings (SSSR count). The van der Waals surface area contributed by atoms with E-state index in [0.29, 0.717) is 24.3 Å². The number of benzene rings is 1. The summed E-state index contributed by atoms with van der Waals surface area (Å²) in [5.41, 5.74) is 1.79. The number of halogens is 1. The second kappa shape index (κ2) is 10.7. The number of ether oxygens (including phenoxy) is 1. The first-order chi connectivity index (χ1) is 14.8. The van der Waals surface area contributed by atoms with E-state index in [1.807, 2.05) is 42.9 Å². The van der Waals surface area contributed by atoms with Crippen LogP contribution in [-0.4, -0.2) is 35.3 Å². The van der Waals surface area contributed by atoms with Crippen LogP contribution in [0.1, 0.15) is 58.9 Å². The molecule has 1 saturated heterocycles. The largest absolute Gasteiger partial charge is 0.459 e. The number of carbonyl (C=O) groups is 1. The minimum Gasteiger partial charge on any atom is -0.459 e. The number of rotatable bonds is 8. The van der Waals surface area contributed by atoms with E-state index in [0.717, 1.165) is 43.4 Å². The number of allylic oxidation sites excluding steroid dienone is 1. The average molecular weight is 447 g/mol. The highest BCUT2D eigenvalue weighted by Crippen LogP contribution is 2.35. The van der Waals surface area contributed by atoms with Crippen LogP contribution < -0.4 is 10.1 Å². The number of amides is 1. The third kappa shape index (κ3) is 6.84. The molecular weight excluding hydrogens is 411 g/mol. The Morgan fingerprint density at radius 1 is 1.29 bits per heavy atom. The number of carbonyl (C=O) groups excluding carboxylic acids is 1. The quantitative estimate of drug-likeness (QED) is 0.512. The highest BCUT2D eigenvalue weighted by molar-refractivity contribution is 8.04. The maximum absolute atomic E-state index is 13.8. The molecule has 0 aromatic heterocycles. The molecule has 1 aliphatic heterocycles. The third-order valence-corrected chi connectivity index (χ3v) is 6.90. The van der Waals surface area contributed by atoms with Gasteiger partial charge in [0.05, 0.1) is 0 Å². The zero-order valence-corrected chi connectivity index (χ0v) is 19.9. The number of piperidine rings is 1. The maximum atomic E-state index is 13.8. The molecule has 2 aliphatic rings. The average Bonchev–Trinajstić information content (AvgIpc) is 2.72. The van der Waals surface area contributed by atoms with Crippen molar-refractivity contribution in [2.24, 2.45) is 5.92 Å². The van der Waals surface area contributed by atoms with Gasteiger partial charge in [-0.25, -0.2) is 0 Å². The van der Waals surface area contributed by atoms with Crippen LogP contribution >= 0.6 is 11.8 Å². The van der Waals surface area contributed by atoms with Crippen LogP contribution in [0.2, 0.25) is 0 Å². The van der Waals surface area contributed by atoms with Crippen molar-refractivity contribution in [1.82, 2.24) is 10.2 Å². The molecule has 3 unspecified atom stereocenters. The summed E-state index contributed by atoms with van der Waals surface area (Å²) in [6.07, 6.45) is 6.36. The maximum Gasteiger partial charge on any atom is 0.250 e. The Morgan fingerprint density at radius 2 is 2.03 bits per heavy atom. The lowest BCUT2D eigenvalue weighted by Gasteiger charge is -2.46. The molecule has 31 heavy (non-hydrogen) atoms. The molecular formula is C25H35FN2O2S. The Labute approximate surface area is 190 Å². The fourth-order valence-corrected chi connectivity index (χ4v) is 5.14. The van der Waals surface area contributed by atoms with Gasteiger partial charge in [0.15, 0.2) is 0 Å². The van der Waals surface area contributed by atoms with Crippen LogP contribution in [0.4, 0.5) is 4.39 Å². The van der Waals surface area contributed by atoms with Gasteiger partial charge in [-0.1, -0.05) is 18.2 Å². The van der Waals surface area contributed by atoms with Gasteiger partial charge in [-0.2, -0.15) is 4.39 Å². The van der Waals surface area contributed by atoms with E-state index in [4.69, 9.17) is 4.74 Å². The molecule has 1 N–H and O–H groups in total. The SMILES string of the molecule is C/C=C\S/C=C(\C)C(=O)N(Cc1ccc(OC(C)(C)F)cc1)C1CCC2CC1CCN2. The second-order valence-electron chi connectivity index (χ2n) is 9.03. The highest BCUT2D eigenvalue weighted by atomic mass is 32.2. The Kier molecular flexibility index (Phi) is 8.23. The van der Waals surface area contributed by atoms with Crippen molar-refractivity contribution in [2.75, 3.05) is 6.54 Å². The van der Waals surface area contributed by atoms with Gasteiger partial charge in [-0.05, 0) is 80.5 Å². The van der Waals surface area contributed by atoms with Crippen LogP contribution in [0, 0.1) is 5.92 Å². The summed E-state index contributed by atoms with van der Waals surface area (Å²) < 4.78 is 19.1. The van der Waals surface area contributed by atoms with Crippen molar-refractivity contribution in [2.45, 2.75) is 77.9 Å². The molecule has 1 aromatic carbocycles. The van der Waals surface area contributed by atoms with Gasteiger partial charge in [0.25, 0.3) is 5.91 Å². The van der Waals surface area contributed by atoms with Crippen molar-refractivity contribution in [1.29, 1.82) is 0 Å². The molecule has 0 radical (unpaired) electrons. The lowest BCUT2D eigenvalue weighted by Crippen LogP contribution is -2.53. The summed E-state index contributed by atoms with van der Waals surface area (Å²) in [6, 6.07) is 8.28. The molecule has 1 aromatic rings. The minimum absolute atomic E-state index is 0.101. The molecule has 3 atom stereocenters. The molecule has 1 saturated carbocycles. The molecule has 1 aliphatic carbocycles. The zero-order valence-electron chi connectivity index (χ0n) is 19.1. The standard InChI is InChI=1S/C25H35FN2O2S/c1-5-14-31-17-18(2)24(29)28(23-11-8-21-15-20(23)12-13-27-21)16-19-6-9-22(10-7-19)30-25(3,4)26/h5-7,9-10,14,17,20-21,23,27H,8,11-13,15-16H2,1-4H3/b14-5-,18-17+. The number of hydrogen-bond acceptors (Lipinski definition) is 4. The third-order valence-electron chi connectivity index (χ3n) is 5.99. The summed E-state index contributed by atoms with van der Waals surface area (Å²) in [4.78, 5) is 15.6. The van der Waals surface area contributed by atoms with Gasteiger partial charge >= 0.3 is 0 Å². The smallest absolute Gasteiger partial charge is 0.250 e. The molecule has 2 bridgehead atoms.